The molecule has 0 saturated heterocycles. The maximum Gasteiger partial charge on any atom is 0.225 e. The van der Waals surface area contributed by atoms with Crippen molar-refractivity contribution in [2.75, 3.05) is 6.54 Å². The van der Waals surface area contributed by atoms with Crippen LogP contribution >= 0.6 is 0 Å². The quantitative estimate of drug-likeness (QED) is 0.839. The average molecular weight is 255 g/mol. The van der Waals surface area contributed by atoms with Gasteiger partial charge in [0.1, 0.15) is 0 Å². The van der Waals surface area contributed by atoms with Crippen molar-refractivity contribution in [2.45, 2.75) is 72.4 Å². The summed E-state index contributed by atoms with van der Waals surface area (Å²) in [6, 6.07) is 0.169. The van der Waals surface area contributed by atoms with E-state index < -0.39 is 6.10 Å². The zero-order chi connectivity index (χ0) is 13.9. The van der Waals surface area contributed by atoms with Gasteiger partial charge in [0, 0.05) is 18.5 Å². The molecule has 3 nitrogen and oxygen atoms in total. The Morgan fingerprint density at radius 2 is 1.78 bits per heavy atom. The number of nitrogens with zero attached hydrogens (tertiary/aromatic N) is 1. The summed E-state index contributed by atoms with van der Waals surface area (Å²) in [5.41, 5.74) is 0.393. The molecule has 0 aromatic carbocycles. The molecule has 3 heteroatoms. The highest BCUT2D eigenvalue weighted by atomic mass is 16.3. The van der Waals surface area contributed by atoms with Crippen LogP contribution in [0.1, 0.15) is 60.3 Å². The summed E-state index contributed by atoms with van der Waals surface area (Å²) in [6.45, 7) is 10.8. The van der Waals surface area contributed by atoms with E-state index in [-0.39, 0.29) is 17.9 Å². The van der Waals surface area contributed by atoms with Crippen molar-refractivity contribution in [1.82, 2.24) is 4.90 Å². The number of aliphatic hydroxyl groups is 1. The van der Waals surface area contributed by atoms with Crippen LogP contribution in [0, 0.1) is 11.3 Å². The molecular weight excluding hydrogens is 226 g/mol. The van der Waals surface area contributed by atoms with E-state index in [9.17, 15) is 9.90 Å². The fourth-order valence-corrected chi connectivity index (χ4v) is 2.72. The van der Waals surface area contributed by atoms with E-state index in [1.807, 2.05) is 18.7 Å². The van der Waals surface area contributed by atoms with Crippen LogP contribution in [-0.2, 0) is 4.79 Å². The van der Waals surface area contributed by atoms with Crippen molar-refractivity contribution in [2.24, 2.45) is 11.3 Å². The summed E-state index contributed by atoms with van der Waals surface area (Å²) < 4.78 is 0. The number of carbonyl (C=O) groups is 1. The molecule has 1 atom stereocenters. The van der Waals surface area contributed by atoms with Crippen LogP contribution in [-0.4, -0.2) is 34.6 Å². The SMILES string of the molecule is CC(O)CN(C(=O)C1CCC(C)(C)CC1)C(C)C. The molecule has 1 saturated carbocycles. The average Bonchev–Trinajstić information content (AvgIpc) is 2.24. The summed E-state index contributed by atoms with van der Waals surface area (Å²) in [5, 5.41) is 9.51. The molecular formula is C15H29NO2. The van der Waals surface area contributed by atoms with E-state index in [1.165, 1.54) is 0 Å². The van der Waals surface area contributed by atoms with E-state index in [0.29, 0.717) is 12.0 Å². The summed E-state index contributed by atoms with van der Waals surface area (Å²) in [7, 11) is 0. The smallest absolute Gasteiger partial charge is 0.225 e. The largest absolute Gasteiger partial charge is 0.392 e. The van der Waals surface area contributed by atoms with Gasteiger partial charge in [-0.1, -0.05) is 13.8 Å². The lowest BCUT2D eigenvalue weighted by Gasteiger charge is -2.37. The molecule has 0 spiro atoms. The molecule has 1 amide bonds. The van der Waals surface area contributed by atoms with Crippen molar-refractivity contribution in [3.63, 3.8) is 0 Å². The lowest BCUT2D eigenvalue weighted by molar-refractivity contribution is -0.140. The minimum absolute atomic E-state index is 0.166. The molecule has 1 unspecified atom stereocenters. The lowest BCUT2D eigenvalue weighted by atomic mass is 9.72. The first-order valence-corrected chi connectivity index (χ1v) is 7.21. The maximum atomic E-state index is 12.5. The van der Waals surface area contributed by atoms with Crippen molar-refractivity contribution in [1.29, 1.82) is 0 Å². The fourth-order valence-electron chi connectivity index (χ4n) is 2.72. The minimum Gasteiger partial charge on any atom is -0.392 e. The molecule has 1 N–H and O–H groups in total. The number of hydrogen-bond donors (Lipinski definition) is 1. The van der Waals surface area contributed by atoms with E-state index in [0.717, 1.165) is 25.7 Å². The number of carbonyl (C=O) groups excluding carboxylic acids is 1. The molecule has 1 fully saturated rings. The Morgan fingerprint density at radius 1 is 1.28 bits per heavy atom. The monoisotopic (exact) mass is 255 g/mol. The van der Waals surface area contributed by atoms with Gasteiger partial charge in [-0.25, -0.2) is 0 Å². The van der Waals surface area contributed by atoms with Crippen molar-refractivity contribution in [3.8, 4) is 0 Å². The summed E-state index contributed by atoms with van der Waals surface area (Å²) >= 11 is 0. The molecule has 106 valence electrons. The van der Waals surface area contributed by atoms with Crippen LogP contribution < -0.4 is 0 Å². The Balaban J connectivity index is 2.61. The normalized spacial score (nSPS) is 21.9. The first-order chi connectivity index (χ1) is 8.23. The molecule has 0 radical (unpaired) electrons. The zero-order valence-corrected chi connectivity index (χ0v) is 12.6. The highest BCUT2D eigenvalue weighted by molar-refractivity contribution is 5.79. The van der Waals surface area contributed by atoms with Crippen molar-refractivity contribution < 1.29 is 9.90 Å². The molecule has 18 heavy (non-hydrogen) atoms. The Bertz CT molecular complexity index is 274. The summed E-state index contributed by atoms with van der Waals surface area (Å²) in [6.07, 6.45) is 3.80. The van der Waals surface area contributed by atoms with Gasteiger partial charge in [0.15, 0.2) is 0 Å². The number of rotatable bonds is 4. The summed E-state index contributed by atoms with van der Waals surface area (Å²) in [4.78, 5) is 14.3. The molecule has 0 bridgehead atoms. The molecule has 0 aromatic heterocycles. The number of aliphatic hydroxyl groups excluding tert-OH is 1. The molecule has 1 aliphatic rings. The Labute approximate surface area is 112 Å². The van der Waals surface area contributed by atoms with Crippen LogP contribution in [0.25, 0.3) is 0 Å². The third-order valence-electron chi connectivity index (χ3n) is 4.06. The van der Waals surface area contributed by atoms with Gasteiger partial charge < -0.3 is 10.0 Å². The fraction of sp³-hybridized carbons (Fsp3) is 0.933. The minimum atomic E-state index is -0.448. The van der Waals surface area contributed by atoms with Gasteiger partial charge in [0.05, 0.1) is 6.10 Å². The topological polar surface area (TPSA) is 40.5 Å². The Hall–Kier alpha value is -0.570. The standard InChI is InChI=1S/C15H29NO2/c1-11(2)16(10-12(3)17)14(18)13-6-8-15(4,5)9-7-13/h11-13,17H,6-10H2,1-5H3. The van der Waals surface area contributed by atoms with Gasteiger partial charge in [-0.05, 0) is 51.9 Å². The van der Waals surface area contributed by atoms with Crippen LogP contribution in [0.5, 0.6) is 0 Å². The molecule has 1 aliphatic carbocycles. The summed E-state index contributed by atoms with van der Waals surface area (Å²) in [5.74, 6) is 0.403. The van der Waals surface area contributed by atoms with Gasteiger partial charge in [-0.2, -0.15) is 0 Å². The van der Waals surface area contributed by atoms with E-state index in [1.54, 1.807) is 6.92 Å². The molecule has 1 rings (SSSR count). The predicted molar refractivity (Wildman–Crippen MR) is 74.3 cm³/mol. The van der Waals surface area contributed by atoms with Crippen LogP contribution in [0.2, 0.25) is 0 Å². The highest BCUT2D eigenvalue weighted by Gasteiger charge is 2.33. The zero-order valence-electron chi connectivity index (χ0n) is 12.6. The predicted octanol–water partition coefficient (Wildman–Crippen LogP) is 2.82. The highest BCUT2D eigenvalue weighted by Crippen LogP contribution is 2.38. The van der Waals surface area contributed by atoms with Crippen LogP contribution in [0.3, 0.4) is 0 Å². The third-order valence-corrected chi connectivity index (χ3v) is 4.06. The number of amides is 1. The first kappa shape index (κ1) is 15.5. The van der Waals surface area contributed by atoms with Gasteiger partial charge in [0.2, 0.25) is 5.91 Å². The van der Waals surface area contributed by atoms with E-state index >= 15 is 0 Å². The van der Waals surface area contributed by atoms with Gasteiger partial charge in [-0.3, -0.25) is 4.79 Å². The number of hydrogen-bond acceptors (Lipinski definition) is 2. The van der Waals surface area contributed by atoms with Crippen molar-refractivity contribution >= 4 is 5.91 Å². The lowest BCUT2D eigenvalue weighted by Crippen LogP contribution is -2.45. The molecule has 0 aromatic rings. The van der Waals surface area contributed by atoms with Crippen LogP contribution in [0.15, 0.2) is 0 Å². The Morgan fingerprint density at radius 3 is 2.17 bits per heavy atom. The molecule has 0 heterocycles. The second-order valence-corrected chi connectivity index (χ2v) is 6.87. The van der Waals surface area contributed by atoms with Crippen molar-refractivity contribution in [3.05, 3.63) is 0 Å². The first-order valence-electron chi connectivity index (χ1n) is 7.21. The third kappa shape index (κ3) is 4.27. The second kappa shape index (κ2) is 6.05. The van der Waals surface area contributed by atoms with E-state index in [4.69, 9.17) is 0 Å². The molecule has 0 aliphatic heterocycles. The second-order valence-electron chi connectivity index (χ2n) is 6.87. The van der Waals surface area contributed by atoms with Crippen LogP contribution in [0.4, 0.5) is 0 Å². The van der Waals surface area contributed by atoms with E-state index in [2.05, 4.69) is 13.8 Å². The van der Waals surface area contributed by atoms with Gasteiger partial charge in [-0.15, -0.1) is 0 Å². The Kier molecular flexibility index (Phi) is 5.20. The van der Waals surface area contributed by atoms with Gasteiger partial charge in [0.25, 0.3) is 0 Å². The van der Waals surface area contributed by atoms with Gasteiger partial charge >= 0.3 is 0 Å². The maximum absolute atomic E-state index is 12.5.